The maximum Gasteiger partial charge on any atom is 0.286 e. The van der Waals surface area contributed by atoms with E-state index in [1.165, 1.54) is 0 Å². The Morgan fingerprint density at radius 2 is 1.77 bits per heavy atom. The maximum absolute atomic E-state index is 11.1. The number of rotatable bonds is 3. The number of hydrogen-bond acceptors (Lipinski definition) is 2. The molecule has 1 aromatic rings. The van der Waals surface area contributed by atoms with Crippen molar-refractivity contribution in [2.75, 3.05) is 0 Å². The normalized spacial score (nSPS) is 12.1. The van der Waals surface area contributed by atoms with Crippen molar-refractivity contribution in [3.8, 4) is 0 Å². The van der Waals surface area contributed by atoms with Crippen LogP contribution in [0.5, 0.6) is 0 Å². The molecule has 2 N–H and O–H groups in total. The number of ketones is 1. The van der Waals surface area contributed by atoms with Crippen LogP contribution in [0.15, 0.2) is 30.3 Å². The Hall–Kier alpha value is -1.16. The van der Waals surface area contributed by atoms with E-state index in [1.807, 2.05) is 6.07 Å². The van der Waals surface area contributed by atoms with E-state index in [1.54, 1.807) is 24.3 Å². The first-order chi connectivity index (χ1) is 6.13. The van der Waals surface area contributed by atoms with Crippen molar-refractivity contribution in [1.82, 2.24) is 0 Å². The SMILES string of the molecule is NC(=O)C(=O)C(Br)c1ccccc1. The van der Waals surface area contributed by atoms with Gasteiger partial charge in [-0.2, -0.15) is 0 Å². The summed E-state index contributed by atoms with van der Waals surface area (Å²) in [5.74, 6) is -1.56. The van der Waals surface area contributed by atoms with Crippen molar-refractivity contribution in [1.29, 1.82) is 0 Å². The predicted molar refractivity (Wildman–Crippen MR) is 52.3 cm³/mol. The smallest absolute Gasteiger partial charge is 0.286 e. The number of hydrogen-bond donors (Lipinski definition) is 1. The number of alkyl halides is 1. The largest absolute Gasteiger partial charge is 0.363 e. The number of carbonyl (C=O) groups excluding carboxylic acids is 2. The van der Waals surface area contributed by atoms with Crippen LogP contribution in [0.4, 0.5) is 0 Å². The summed E-state index contributed by atoms with van der Waals surface area (Å²) in [7, 11) is 0. The molecule has 3 nitrogen and oxygen atoms in total. The Kier molecular flexibility index (Phi) is 3.19. The van der Waals surface area contributed by atoms with E-state index < -0.39 is 16.5 Å². The van der Waals surface area contributed by atoms with E-state index in [0.29, 0.717) is 0 Å². The van der Waals surface area contributed by atoms with Gasteiger partial charge in [-0.1, -0.05) is 46.3 Å². The average molecular weight is 242 g/mol. The molecule has 0 aliphatic rings. The molecule has 0 aliphatic heterocycles. The third-order valence-corrected chi connectivity index (χ3v) is 2.51. The van der Waals surface area contributed by atoms with Gasteiger partial charge in [0.25, 0.3) is 5.91 Å². The summed E-state index contributed by atoms with van der Waals surface area (Å²) in [6, 6.07) is 8.91. The summed E-state index contributed by atoms with van der Waals surface area (Å²) < 4.78 is 0. The fourth-order valence-electron chi connectivity index (χ4n) is 0.898. The fraction of sp³-hybridized carbons (Fsp3) is 0.111. The van der Waals surface area contributed by atoms with Crippen LogP contribution in [0.1, 0.15) is 10.4 Å². The van der Waals surface area contributed by atoms with Crippen molar-refractivity contribution < 1.29 is 9.59 Å². The summed E-state index contributed by atoms with van der Waals surface area (Å²) in [4.78, 5) is 21.0. The Morgan fingerprint density at radius 1 is 1.23 bits per heavy atom. The lowest BCUT2D eigenvalue weighted by molar-refractivity contribution is -0.135. The number of benzene rings is 1. The van der Waals surface area contributed by atoms with E-state index >= 15 is 0 Å². The Morgan fingerprint density at radius 3 is 2.23 bits per heavy atom. The summed E-state index contributed by atoms with van der Waals surface area (Å²) in [5.41, 5.74) is 5.58. The number of halogens is 1. The van der Waals surface area contributed by atoms with Gasteiger partial charge in [-0.05, 0) is 5.56 Å². The Balaban J connectivity index is 2.86. The van der Waals surface area contributed by atoms with Gasteiger partial charge >= 0.3 is 0 Å². The number of primary amides is 1. The number of nitrogens with two attached hydrogens (primary N) is 1. The standard InChI is InChI=1S/C9H8BrNO2/c10-7(8(12)9(11)13)6-4-2-1-3-5-6/h1-5,7H,(H2,11,13). The molecular weight excluding hydrogens is 234 g/mol. The van der Waals surface area contributed by atoms with E-state index in [9.17, 15) is 9.59 Å². The van der Waals surface area contributed by atoms with E-state index in [-0.39, 0.29) is 0 Å². The summed E-state index contributed by atoms with van der Waals surface area (Å²) in [5, 5.41) is 0. The predicted octanol–water partition coefficient (Wildman–Crippen LogP) is 1.18. The number of carbonyl (C=O) groups is 2. The average Bonchev–Trinajstić information content (AvgIpc) is 2.17. The molecule has 0 aliphatic carbocycles. The highest BCUT2D eigenvalue weighted by atomic mass is 79.9. The molecule has 0 bridgehead atoms. The highest BCUT2D eigenvalue weighted by Crippen LogP contribution is 2.22. The molecule has 1 amide bonds. The third-order valence-electron chi connectivity index (χ3n) is 1.57. The van der Waals surface area contributed by atoms with Crippen LogP contribution < -0.4 is 5.73 Å². The van der Waals surface area contributed by atoms with Crippen LogP contribution in [0, 0.1) is 0 Å². The molecule has 1 aromatic carbocycles. The van der Waals surface area contributed by atoms with Gasteiger partial charge in [-0.25, -0.2) is 0 Å². The molecule has 68 valence electrons. The van der Waals surface area contributed by atoms with E-state index in [0.717, 1.165) is 5.56 Å². The minimum atomic E-state index is -0.925. The van der Waals surface area contributed by atoms with Crippen molar-refractivity contribution >= 4 is 27.6 Å². The van der Waals surface area contributed by atoms with Crippen LogP contribution in [0.2, 0.25) is 0 Å². The number of amides is 1. The van der Waals surface area contributed by atoms with Crippen molar-refractivity contribution in [3.63, 3.8) is 0 Å². The second kappa shape index (κ2) is 4.18. The molecule has 0 radical (unpaired) electrons. The molecule has 0 spiro atoms. The van der Waals surface area contributed by atoms with E-state index in [2.05, 4.69) is 15.9 Å². The van der Waals surface area contributed by atoms with Crippen molar-refractivity contribution in [2.24, 2.45) is 5.73 Å². The second-order valence-corrected chi connectivity index (χ2v) is 3.42. The fourth-order valence-corrected chi connectivity index (χ4v) is 1.43. The lowest BCUT2D eigenvalue weighted by atomic mass is 10.1. The van der Waals surface area contributed by atoms with Gasteiger partial charge in [0.2, 0.25) is 5.78 Å². The molecule has 0 heterocycles. The zero-order chi connectivity index (χ0) is 9.84. The summed E-state index contributed by atoms with van der Waals surface area (Å²) in [6.07, 6.45) is 0. The zero-order valence-corrected chi connectivity index (χ0v) is 8.32. The highest BCUT2D eigenvalue weighted by molar-refractivity contribution is 9.09. The molecule has 0 aromatic heterocycles. The highest BCUT2D eigenvalue weighted by Gasteiger charge is 2.21. The first-order valence-electron chi connectivity index (χ1n) is 3.65. The Bertz CT molecular complexity index is 324. The zero-order valence-electron chi connectivity index (χ0n) is 6.74. The number of Topliss-reactive ketones (excluding diaryl/α,β-unsaturated/α-hetero) is 1. The van der Waals surface area contributed by atoms with Crippen molar-refractivity contribution in [3.05, 3.63) is 35.9 Å². The van der Waals surface area contributed by atoms with Gasteiger partial charge in [0.1, 0.15) is 4.83 Å². The summed E-state index contributed by atoms with van der Waals surface area (Å²) in [6.45, 7) is 0. The van der Waals surface area contributed by atoms with Gasteiger partial charge < -0.3 is 5.73 Å². The first kappa shape index (κ1) is 9.92. The molecule has 1 unspecified atom stereocenters. The van der Waals surface area contributed by atoms with Crippen molar-refractivity contribution in [2.45, 2.75) is 4.83 Å². The molecule has 1 rings (SSSR count). The van der Waals surface area contributed by atoms with Gasteiger partial charge in [0.15, 0.2) is 0 Å². The quantitative estimate of drug-likeness (QED) is 0.639. The molecule has 0 fully saturated rings. The lowest BCUT2D eigenvalue weighted by Crippen LogP contribution is -2.26. The van der Waals surface area contributed by atoms with Gasteiger partial charge in [-0.3, -0.25) is 9.59 Å². The van der Waals surface area contributed by atoms with Crippen LogP contribution in [-0.2, 0) is 9.59 Å². The lowest BCUT2D eigenvalue weighted by Gasteiger charge is -2.05. The third kappa shape index (κ3) is 2.39. The monoisotopic (exact) mass is 241 g/mol. The minimum absolute atomic E-state index is 0.633. The molecule has 1 atom stereocenters. The molecular formula is C9H8BrNO2. The summed E-state index contributed by atoms with van der Waals surface area (Å²) >= 11 is 3.10. The minimum Gasteiger partial charge on any atom is -0.363 e. The second-order valence-electron chi connectivity index (χ2n) is 2.50. The van der Waals surface area contributed by atoms with Gasteiger partial charge in [-0.15, -0.1) is 0 Å². The maximum atomic E-state index is 11.1. The van der Waals surface area contributed by atoms with Gasteiger partial charge in [0, 0.05) is 0 Å². The van der Waals surface area contributed by atoms with Gasteiger partial charge in [0.05, 0.1) is 0 Å². The molecule has 0 saturated carbocycles. The molecule has 13 heavy (non-hydrogen) atoms. The molecule has 0 saturated heterocycles. The first-order valence-corrected chi connectivity index (χ1v) is 4.57. The topological polar surface area (TPSA) is 60.2 Å². The Labute approximate surface area is 84.1 Å². The van der Waals surface area contributed by atoms with Crippen LogP contribution in [0.25, 0.3) is 0 Å². The van der Waals surface area contributed by atoms with Crippen LogP contribution in [-0.4, -0.2) is 11.7 Å². The van der Waals surface area contributed by atoms with E-state index in [4.69, 9.17) is 5.73 Å². The van der Waals surface area contributed by atoms with Crippen LogP contribution >= 0.6 is 15.9 Å². The molecule has 4 heteroatoms. The van der Waals surface area contributed by atoms with Crippen LogP contribution in [0.3, 0.4) is 0 Å².